The summed E-state index contributed by atoms with van der Waals surface area (Å²) in [5.41, 5.74) is 9.93. The molecule has 0 aliphatic heterocycles. The molecule has 310 valence electrons. The zero-order chi connectivity index (χ0) is 42.9. The predicted octanol–water partition coefficient (Wildman–Crippen LogP) is 10.8. The Morgan fingerprint density at radius 1 is 0.738 bits per heavy atom. The predicted molar refractivity (Wildman–Crippen MR) is 258 cm³/mol. The number of hydrogen-bond donors (Lipinski definition) is 2. The van der Waals surface area contributed by atoms with Gasteiger partial charge in [-0.2, -0.15) is 0 Å². The van der Waals surface area contributed by atoms with Crippen LogP contribution in [0.4, 0.5) is 22.7 Å². The van der Waals surface area contributed by atoms with E-state index in [-0.39, 0.29) is 39.2 Å². The van der Waals surface area contributed by atoms with E-state index in [1.807, 2.05) is 42.5 Å². The first-order valence-electron chi connectivity index (χ1n) is 16.4. The van der Waals surface area contributed by atoms with Gasteiger partial charge in [0.2, 0.25) is 0 Å². The molecular formula is C36H24ClFeN9O5P2S7. The van der Waals surface area contributed by atoms with E-state index in [0.29, 0.717) is 16.3 Å². The van der Waals surface area contributed by atoms with Crippen molar-refractivity contribution < 1.29 is 31.7 Å². The average Bonchev–Trinajstić information content (AvgIpc) is 3.91. The summed E-state index contributed by atoms with van der Waals surface area (Å²) in [6.07, 6.45) is 4.94. The Kier molecular flexibility index (Phi) is 20.5. The van der Waals surface area contributed by atoms with Gasteiger partial charge < -0.3 is 11.1 Å². The first-order valence-corrected chi connectivity index (χ1v) is 27.0. The summed E-state index contributed by atoms with van der Waals surface area (Å²) in [7, 11) is 6.83. The molecule has 8 aromatic rings. The van der Waals surface area contributed by atoms with Crippen molar-refractivity contribution >= 4 is 148 Å². The maximum absolute atomic E-state index is 12.0. The fourth-order valence-corrected chi connectivity index (χ4v) is 16.5. The van der Waals surface area contributed by atoms with Crippen LogP contribution in [0.5, 0.6) is 0 Å². The van der Waals surface area contributed by atoms with E-state index < -0.39 is 15.8 Å². The molecule has 25 heteroatoms. The van der Waals surface area contributed by atoms with Gasteiger partial charge in [0.05, 0.1) is 21.1 Å². The number of nitrogens with one attached hydrogen (secondary N) is 1. The number of nitrogens with two attached hydrogens (primary N) is 1. The number of fused-ring (bicyclic) bond motifs is 2. The van der Waals surface area contributed by atoms with Crippen LogP contribution in [0.1, 0.15) is 10.4 Å². The van der Waals surface area contributed by atoms with Crippen LogP contribution >= 0.6 is 48.4 Å². The molecule has 0 saturated carbocycles. The molecule has 0 radical (unpaired) electrons. The second-order valence-electron chi connectivity index (χ2n) is 11.0. The van der Waals surface area contributed by atoms with Gasteiger partial charge in [-0.25, -0.2) is 24.9 Å². The number of nitrogens with zero attached hydrogens (tertiary/aromatic N) is 7. The van der Waals surface area contributed by atoms with Crippen LogP contribution in [0, 0.1) is 20.2 Å². The molecule has 3 aromatic carbocycles. The number of nitro groups is 2. The summed E-state index contributed by atoms with van der Waals surface area (Å²) in [6.45, 7) is 0. The van der Waals surface area contributed by atoms with E-state index in [1.165, 1.54) is 57.7 Å². The van der Waals surface area contributed by atoms with Gasteiger partial charge in [-0.3, -0.25) is 25.0 Å². The average molecular weight is 1040 g/mol. The number of nitro benzene ring substituents is 2. The monoisotopic (exact) mass is 1040 g/mol. The molecule has 1 amide bonds. The molecule has 5 aromatic heterocycles. The van der Waals surface area contributed by atoms with E-state index >= 15 is 0 Å². The maximum Gasteiger partial charge on any atom is 0.282 e. The first kappa shape index (κ1) is 49.1. The SMILES string of the molecule is Nc1ccccc1-c1nc2cccnc2s1.O=C(Nc1cccnc1Cl)c1ccccc1[N+](=O)[O-].O=[N+]([O-])c1ccccc1-c1nc2cccnc2s1.S=PP=S=S=S=S.[Fe]. The van der Waals surface area contributed by atoms with Gasteiger partial charge in [0.15, 0.2) is 5.15 Å². The standard InChI is InChI=1S/C12H8ClN3O3.C12H7N3O2S.C12H9N3S.Fe.P2S5/c13-11-9(5-3-7-14-11)15-12(17)8-4-1-2-6-10(8)16(18)19;16-15(17)10-6-2-1-4-8(10)11-14-9-5-3-7-13-12(9)18-11;13-9-5-2-1-4-8(9)11-15-10-6-3-7-14-12(10)16-11;;3-1-2-5-7-6-4/h1-7H,(H,15,17);1-7H;1-7H,13H2;;. The van der Waals surface area contributed by atoms with Crippen molar-refractivity contribution in [1.29, 1.82) is 0 Å². The fourth-order valence-electron chi connectivity index (χ4n) is 4.81. The first-order chi connectivity index (χ1) is 29.1. The molecule has 0 unspecified atom stereocenters. The van der Waals surface area contributed by atoms with Crippen LogP contribution in [0.3, 0.4) is 0 Å². The third-order valence-corrected chi connectivity index (χ3v) is 19.6. The minimum Gasteiger partial charge on any atom is -0.398 e. The number of halogens is 1. The van der Waals surface area contributed by atoms with Crippen LogP contribution in [-0.4, -0.2) is 40.7 Å². The Labute approximate surface area is 392 Å². The Morgan fingerprint density at radius 3 is 1.82 bits per heavy atom. The minimum absolute atomic E-state index is 0. The zero-order valence-electron chi connectivity index (χ0n) is 30.4. The number of nitrogen functional groups attached to an aromatic ring is 1. The summed E-state index contributed by atoms with van der Waals surface area (Å²) in [4.78, 5) is 55.7. The summed E-state index contributed by atoms with van der Waals surface area (Å²) >= 11 is 17.9. The second-order valence-corrected chi connectivity index (χ2v) is 23.0. The van der Waals surface area contributed by atoms with Crippen molar-refractivity contribution in [3.63, 3.8) is 0 Å². The van der Waals surface area contributed by atoms with E-state index in [2.05, 4.69) is 53.2 Å². The Morgan fingerprint density at radius 2 is 1.26 bits per heavy atom. The molecule has 61 heavy (non-hydrogen) atoms. The van der Waals surface area contributed by atoms with Crippen molar-refractivity contribution in [1.82, 2.24) is 24.9 Å². The van der Waals surface area contributed by atoms with Gasteiger partial charge >= 0.3 is 0 Å². The van der Waals surface area contributed by atoms with Gasteiger partial charge in [0.1, 0.15) is 36.3 Å². The topological polar surface area (TPSA) is 206 Å². The molecule has 0 aliphatic rings. The molecule has 14 nitrogen and oxygen atoms in total. The molecule has 5 heterocycles. The molecule has 0 saturated heterocycles. The molecule has 0 atom stereocenters. The van der Waals surface area contributed by atoms with Crippen LogP contribution in [-0.2, 0) is 67.3 Å². The van der Waals surface area contributed by atoms with E-state index in [9.17, 15) is 25.0 Å². The number of amides is 1. The Bertz CT molecular complexity index is 2920. The van der Waals surface area contributed by atoms with Gasteiger partial charge in [-0.05, 0) is 111 Å². The summed E-state index contributed by atoms with van der Waals surface area (Å²) in [5.74, 6) is -0.609. The summed E-state index contributed by atoms with van der Waals surface area (Å²) < 4.78 is 0. The number of benzene rings is 3. The molecule has 0 spiro atoms. The van der Waals surface area contributed by atoms with E-state index in [4.69, 9.17) is 17.3 Å². The van der Waals surface area contributed by atoms with E-state index in [0.717, 1.165) is 44.0 Å². The van der Waals surface area contributed by atoms with Crippen molar-refractivity contribution in [3.05, 3.63) is 159 Å². The number of carbonyl (C=O) groups is 1. The number of thiazole rings is 2. The summed E-state index contributed by atoms with van der Waals surface area (Å²) in [6, 6.07) is 30.7. The molecule has 0 fully saturated rings. The van der Waals surface area contributed by atoms with E-state index in [1.54, 1.807) is 84.6 Å². The van der Waals surface area contributed by atoms with Crippen LogP contribution < -0.4 is 11.1 Å². The molecule has 8 rings (SSSR count). The van der Waals surface area contributed by atoms with Crippen LogP contribution in [0.2, 0.25) is 5.15 Å². The number of pyridine rings is 3. The normalized spacial score (nSPS) is 10.0. The van der Waals surface area contributed by atoms with Crippen molar-refractivity contribution in [2.75, 3.05) is 11.1 Å². The third kappa shape index (κ3) is 14.3. The zero-order valence-corrected chi connectivity index (χ0v) is 39.7. The molecule has 3 N–H and O–H groups in total. The summed E-state index contributed by atoms with van der Waals surface area (Å²) in [5, 5.41) is 26.0. The number of rotatable bonds is 7. The number of anilines is 2. The minimum atomic E-state index is -0.611. The van der Waals surface area contributed by atoms with Crippen LogP contribution in [0.25, 0.3) is 41.8 Å². The molecule has 0 aliphatic carbocycles. The van der Waals surface area contributed by atoms with Crippen molar-refractivity contribution in [3.8, 4) is 21.1 Å². The largest absolute Gasteiger partial charge is 0.398 e. The molecular weight excluding hydrogens is 1020 g/mol. The van der Waals surface area contributed by atoms with Gasteiger partial charge in [-0.15, -0.1) is 0 Å². The second kappa shape index (κ2) is 25.4. The Balaban J connectivity index is 0.000000186. The quantitative estimate of drug-likeness (QED) is 0.0381. The van der Waals surface area contributed by atoms with Crippen LogP contribution in [0.15, 0.2) is 128 Å². The van der Waals surface area contributed by atoms with Gasteiger partial charge in [-0.1, -0.05) is 70.7 Å². The number of para-hydroxylation sites is 3. The van der Waals surface area contributed by atoms with Gasteiger partial charge in [0, 0.05) is 73.1 Å². The number of carbonyl (C=O) groups excluding carboxylic acids is 1. The van der Waals surface area contributed by atoms with Crippen molar-refractivity contribution in [2.45, 2.75) is 0 Å². The maximum atomic E-state index is 12.0. The number of hydrogen-bond acceptors (Lipinski definition) is 15. The smallest absolute Gasteiger partial charge is 0.282 e. The van der Waals surface area contributed by atoms with Crippen molar-refractivity contribution in [2.24, 2.45) is 0 Å². The molecule has 0 bridgehead atoms. The van der Waals surface area contributed by atoms with Gasteiger partial charge in [0.25, 0.3) is 17.3 Å². The number of aromatic nitrogens is 5. The Hall–Kier alpha value is -4.53. The fraction of sp³-hybridized carbons (Fsp3) is 0. The third-order valence-electron chi connectivity index (χ3n) is 7.33.